The van der Waals surface area contributed by atoms with Crippen LogP contribution in [-0.2, 0) is 33.9 Å². The van der Waals surface area contributed by atoms with Crippen molar-refractivity contribution in [2.75, 3.05) is 6.61 Å². The number of halogens is 2. The number of esters is 2. The second kappa shape index (κ2) is 7.73. The lowest BCUT2D eigenvalue weighted by Gasteiger charge is -2.33. The van der Waals surface area contributed by atoms with Gasteiger partial charge in [-0.1, -0.05) is 6.92 Å². The Balaban J connectivity index is 5.68. The van der Waals surface area contributed by atoms with Crippen LogP contribution in [0.2, 0.25) is 0 Å². The fraction of sp³-hybridized carbons (Fsp3) is 0.867. The van der Waals surface area contributed by atoms with E-state index >= 15 is 0 Å². The standard InChI is InChI=1S/C15H26F2O8S/c1-8-13(5,6)10(18)25-14(7,11(19)24-12(2,3)4)23-9-15(16,17)26(20,21)22/h8-9H2,1-7H3,(H,20,21,22). The van der Waals surface area contributed by atoms with Crippen molar-refractivity contribution >= 4 is 22.1 Å². The summed E-state index contributed by atoms with van der Waals surface area (Å²) in [4.78, 5) is 24.6. The Labute approximate surface area is 151 Å². The Morgan fingerprint density at radius 2 is 1.42 bits per heavy atom. The summed E-state index contributed by atoms with van der Waals surface area (Å²) in [6, 6.07) is 0. The van der Waals surface area contributed by atoms with Crippen molar-refractivity contribution in [3.63, 3.8) is 0 Å². The minimum Gasteiger partial charge on any atom is -0.455 e. The summed E-state index contributed by atoms with van der Waals surface area (Å²) in [6.45, 7) is 8.03. The zero-order chi connectivity index (χ0) is 21.2. The maximum Gasteiger partial charge on any atom is 0.392 e. The summed E-state index contributed by atoms with van der Waals surface area (Å²) in [5, 5.41) is -4.72. The van der Waals surface area contributed by atoms with Gasteiger partial charge in [0, 0.05) is 6.92 Å². The number of hydrogen-bond donors (Lipinski definition) is 1. The van der Waals surface area contributed by atoms with Crippen LogP contribution in [-0.4, -0.2) is 48.2 Å². The van der Waals surface area contributed by atoms with Gasteiger partial charge in [0.05, 0.1) is 5.41 Å². The number of ether oxygens (including phenoxy) is 3. The van der Waals surface area contributed by atoms with E-state index in [9.17, 15) is 26.8 Å². The third-order valence-corrected chi connectivity index (χ3v) is 4.26. The van der Waals surface area contributed by atoms with Crippen LogP contribution in [0, 0.1) is 5.41 Å². The average Bonchev–Trinajstić information content (AvgIpc) is 2.42. The summed E-state index contributed by atoms with van der Waals surface area (Å²) in [7, 11) is -5.80. The largest absolute Gasteiger partial charge is 0.455 e. The maximum absolute atomic E-state index is 13.4. The van der Waals surface area contributed by atoms with E-state index in [1.54, 1.807) is 6.92 Å². The van der Waals surface area contributed by atoms with Gasteiger partial charge in [-0.2, -0.15) is 17.2 Å². The molecule has 0 bridgehead atoms. The first kappa shape index (κ1) is 24.7. The molecule has 0 aliphatic rings. The number of hydrogen-bond acceptors (Lipinski definition) is 7. The maximum atomic E-state index is 13.4. The summed E-state index contributed by atoms with van der Waals surface area (Å²) < 4.78 is 71.4. The highest BCUT2D eigenvalue weighted by Crippen LogP contribution is 2.30. The molecule has 154 valence electrons. The van der Waals surface area contributed by atoms with Crippen LogP contribution in [0.25, 0.3) is 0 Å². The third kappa shape index (κ3) is 6.76. The molecule has 0 saturated carbocycles. The van der Waals surface area contributed by atoms with E-state index in [0.717, 1.165) is 6.92 Å². The van der Waals surface area contributed by atoms with Crippen molar-refractivity contribution in [1.29, 1.82) is 0 Å². The second-order valence-corrected chi connectivity index (χ2v) is 9.02. The van der Waals surface area contributed by atoms with E-state index in [4.69, 9.17) is 14.0 Å². The fourth-order valence-electron chi connectivity index (χ4n) is 1.26. The molecular formula is C15H26F2O8S. The zero-order valence-corrected chi connectivity index (χ0v) is 16.7. The molecule has 1 unspecified atom stereocenters. The Bertz CT molecular complexity index is 637. The van der Waals surface area contributed by atoms with Crippen LogP contribution in [0.3, 0.4) is 0 Å². The zero-order valence-electron chi connectivity index (χ0n) is 15.9. The first-order valence-corrected chi connectivity index (χ1v) is 9.17. The van der Waals surface area contributed by atoms with Gasteiger partial charge in [0.2, 0.25) is 0 Å². The smallest absolute Gasteiger partial charge is 0.392 e. The number of rotatable bonds is 8. The quantitative estimate of drug-likeness (QED) is 0.373. The van der Waals surface area contributed by atoms with Crippen LogP contribution in [0.5, 0.6) is 0 Å². The van der Waals surface area contributed by atoms with Crippen molar-refractivity contribution in [3.05, 3.63) is 0 Å². The molecule has 1 atom stereocenters. The molecule has 0 radical (unpaired) electrons. The van der Waals surface area contributed by atoms with Gasteiger partial charge < -0.3 is 14.2 Å². The van der Waals surface area contributed by atoms with Crippen molar-refractivity contribution in [1.82, 2.24) is 0 Å². The van der Waals surface area contributed by atoms with Crippen molar-refractivity contribution in [2.24, 2.45) is 5.41 Å². The molecule has 0 aliphatic carbocycles. The molecule has 0 aromatic rings. The first-order valence-electron chi connectivity index (χ1n) is 7.73. The highest BCUT2D eigenvalue weighted by atomic mass is 32.2. The van der Waals surface area contributed by atoms with E-state index in [0.29, 0.717) is 6.42 Å². The average molecular weight is 404 g/mol. The first-order chi connectivity index (χ1) is 11.3. The molecule has 1 N–H and O–H groups in total. The van der Waals surface area contributed by atoms with Crippen LogP contribution >= 0.6 is 0 Å². The lowest BCUT2D eigenvalue weighted by atomic mass is 9.90. The lowest BCUT2D eigenvalue weighted by Crippen LogP contribution is -2.51. The van der Waals surface area contributed by atoms with Gasteiger partial charge in [0.25, 0.3) is 0 Å². The fourth-order valence-corrected chi connectivity index (χ4v) is 1.46. The van der Waals surface area contributed by atoms with Crippen molar-refractivity contribution < 1.29 is 45.6 Å². The Morgan fingerprint density at radius 3 is 1.77 bits per heavy atom. The number of carbonyl (C=O) groups excluding carboxylic acids is 2. The van der Waals surface area contributed by atoms with E-state index in [1.165, 1.54) is 34.6 Å². The van der Waals surface area contributed by atoms with Gasteiger partial charge in [-0.3, -0.25) is 9.35 Å². The molecule has 0 fully saturated rings. The second-order valence-electron chi connectivity index (χ2n) is 7.48. The van der Waals surface area contributed by atoms with E-state index < -0.39 is 50.7 Å². The Hall–Kier alpha value is -1.33. The van der Waals surface area contributed by atoms with Gasteiger partial charge in [-0.15, -0.1) is 0 Å². The summed E-state index contributed by atoms with van der Waals surface area (Å²) in [5.74, 6) is -4.90. The summed E-state index contributed by atoms with van der Waals surface area (Å²) >= 11 is 0. The van der Waals surface area contributed by atoms with E-state index in [1.807, 2.05) is 0 Å². The molecule has 0 rings (SSSR count). The SMILES string of the molecule is CCC(C)(C)C(=O)OC(C)(OCC(F)(F)S(=O)(=O)O)C(=O)OC(C)(C)C. The monoisotopic (exact) mass is 404 g/mol. The van der Waals surface area contributed by atoms with Gasteiger partial charge in [-0.25, -0.2) is 4.79 Å². The van der Waals surface area contributed by atoms with Gasteiger partial charge in [0.15, 0.2) is 0 Å². The van der Waals surface area contributed by atoms with Gasteiger partial charge in [0.1, 0.15) is 12.2 Å². The van der Waals surface area contributed by atoms with Crippen LogP contribution in [0.4, 0.5) is 8.78 Å². The molecule has 26 heavy (non-hydrogen) atoms. The molecule has 0 aliphatic heterocycles. The topological polar surface area (TPSA) is 116 Å². The molecule has 0 spiro atoms. The molecule has 0 aromatic heterocycles. The summed E-state index contributed by atoms with van der Waals surface area (Å²) in [5.41, 5.74) is -2.14. The van der Waals surface area contributed by atoms with Crippen LogP contribution in [0.15, 0.2) is 0 Å². The number of carbonyl (C=O) groups is 2. The van der Waals surface area contributed by atoms with E-state index in [-0.39, 0.29) is 0 Å². The molecule has 0 amide bonds. The molecule has 11 heteroatoms. The third-order valence-electron chi connectivity index (χ3n) is 3.39. The van der Waals surface area contributed by atoms with Gasteiger partial charge in [-0.05, 0) is 41.0 Å². The van der Waals surface area contributed by atoms with Crippen LogP contribution in [0.1, 0.15) is 54.9 Å². The molecule has 0 heterocycles. The van der Waals surface area contributed by atoms with Crippen molar-refractivity contribution in [2.45, 2.75) is 71.5 Å². The van der Waals surface area contributed by atoms with Crippen LogP contribution < -0.4 is 0 Å². The summed E-state index contributed by atoms with van der Waals surface area (Å²) in [6.07, 6.45) is 0.303. The highest BCUT2D eigenvalue weighted by Gasteiger charge is 2.51. The van der Waals surface area contributed by atoms with Gasteiger partial charge >= 0.3 is 33.1 Å². The minimum absolute atomic E-state index is 0.303. The predicted molar refractivity (Wildman–Crippen MR) is 86.9 cm³/mol. The Morgan fingerprint density at radius 1 is 0.962 bits per heavy atom. The molecule has 0 aromatic carbocycles. The number of alkyl halides is 2. The Kier molecular flexibility index (Phi) is 7.33. The van der Waals surface area contributed by atoms with E-state index in [2.05, 4.69) is 4.74 Å². The molecule has 8 nitrogen and oxygen atoms in total. The lowest BCUT2D eigenvalue weighted by molar-refractivity contribution is -0.256. The molecular weight excluding hydrogens is 378 g/mol. The molecule has 0 saturated heterocycles. The normalized spacial score (nSPS) is 15.9. The minimum atomic E-state index is -5.80. The highest BCUT2D eigenvalue weighted by molar-refractivity contribution is 7.86. The predicted octanol–water partition coefficient (Wildman–Crippen LogP) is 2.52. The van der Waals surface area contributed by atoms with Crippen molar-refractivity contribution in [3.8, 4) is 0 Å².